The first-order valence-electron chi connectivity index (χ1n) is 3.05. The Morgan fingerprint density at radius 3 is 3.10 bits per heavy atom. The molecule has 0 aliphatic rings. The van der Waals surface area contributed by atoms with Crippen molar-refractivity contribution in [3.8, 4) is 6.07 Å². The number of aromatic amines is 1. The SMILES string of the molecule is N#Cc1[nH]ccc1CCO. The molecule has 0 amide bonds. The minimum atomic E-state index is 0.0898. The van der Waals surface area contributed by atoms with Crippen molar-refractivity contribution in [1.29, 1.82) is 5.26 Å². The average molecular weight is 136 g/mol. The molecule has 0 saturated carbocycles. The number of nitrogens with one attached hydrogen (secondary N) is 1. The quantitative estimate of drug-likeness (QED) is 0.619. The molecular weight excluding hydrogens is 128 g/mol. The predicted molar refractivity (Wildman–Crippen MR) is 36.3 cm³/mol. The second-order valence-electron chi connectivity index (χ2n) is 1.96. The summed E-state index contributed by atoms with van der Waals surface area (Å²) in [5, 5.41) is 17.0. The normalized spacial score (nSPS) is 9.20. The summed E-state index contributed by atoms with van der Waals surface area (Å²) in [7, 11) is 0. The van der Waals surface area contributed by atoms with E-state index in [9.17, 15) is 0 Å². The lowest BCUT2D eigenvalue weighted by atomic mass is 10.2. The monoisotopic (exact) mass is 136 g/mol. The van der Waals surface area contributed by atoms with Crippen LogP contribution in [0.3, 0.4) is 0 Å². The first-order chi connectivity index (χ1) is 4.88. The Kier molecular flexibility index (Phi) is 2.08. The summed E-state index contributed by atoms with van der Waals surface area (Å²) in [5.41, 5.74) is 1.43. The molecule has 10 heavy (non-hydrogen) atoms. The van der Waals surface area contributed by atoms with Crippen molar-refractivity contribution in [2.24, 2.45) is 0 Å². The van der Waals surface area contributed by atoms with Gasteiger partial charge in [0.2, 0.25) is 0 Å². The number of aliphatic hydroxyl groups is 1. The highest BCUT2D eigenvalue weighted by Crippen LogP contribution is 2.04. The van der Waals surface area contributed by atoms with Gasteiger partial charge in [-0.1, -0.05) is 0 Å². The first kappa shape index (κ1) is 6.84. The number of nitrogens with zero attached hydrogens (tertiary/aromatic N) is 1. The van der Waals surface area contributed by atoms with E-state index in [2.05, 4.69) is 4.98 Å². The third-order valence-corrected chi connectivity index (χ3v) is 1.33. The van der Waals surface area contributed by atoms with Crippen molar-refractivity contribution in [2.45, 2.75) is 6.42 Å². The second kappa shape index (κ2) is 3.04. The molecule has 0 radical (unpaired) electrons. The minimum Gasteiger partial charge on any atom is -0.396 e. The number of hydrogen-bond acceptors (Lipinski definition) is 2. The molecule has 0 aromatic carbocycles. The van der Waals surface area contributed by atoms with Crippen molar-refractivity contribution in [3.63, 3.8) is 0 Å². The third-order valence-electron chi connectivity index (χ3n) is 1.33. The van der Waals surface area contributed by atoms with Gasteiger partial charge in [0.1, 0.15) is 11.8 Å². The largest absolute Gasteiger partial charge is 0.396 e. The van der Waals surface area contributed by atoms with Crippen LogP contribution in [0, 0.1) is 11.3 Å². The van der Waals surface area contributed by atoms with E-state index >= 15 is 0 Å². The average Bonchev–Trinajstić information content (AvgIpc) is 2.36. The van der Waals surface area contributed by atoms with Crippen LogP contribution in [0.4, 0.5) is 0 Å². The summed E-state index contributed by atoms with van der Waals surface area (Å²) in [6, 6.07) is 3.79. The molecule has 2 N–H and O–H groups in total. The molecule has 0 aliphatic carbocycles. The fourth-order valence-corrected chi connectivity index (χ4v) is 0.834. The van der Waals surface area contributed by atoms with Gasteiger partial charge in [-0.2, -0.15) is 5.26 Å². The van der Waals surface area contributed by atoms with E-state index < -0.39 is 0 Å². The summed E-state index contributed by atoms with van der Waals surface area (Å²) < 4.78 is 0. The lowest BCUT2D eigenvalue weighted by Gasteiger charge is -1.90. The summed E-state index contributed by atoms with van der Waals surface area (Å²) in [5.74, 6) is 0. The van der Waals surface area contributed by atoms with Gasteiger partial charge < -0.3 is 10.1 Å². The Balaban J connectivity index is 2.82. The summed E-state index contributed by atoms with van der Waals surface area (Å²) >= 11 is 0. The van der Waals surface area contributed by atoms with Crippen LogP contribution in [0.5, 0.6) is 0 Å². The predicted octanol–water partition coefficient (Wildman–Crippen LogP) is 0.421. The highest BCUT2D eigenvalue weighted by molar-refractivity contribution is 5.31. The van der Waals surface area contributed by atoms with Gasteiger partial charge in [-0.15, -0.1) is 0 Å². The van der Waals surface area contributed by atoms with Crippen LogP contribution < -0.4 is 0 Å². The zero-order valence-electron chi connectivity index (χ0n) is 5.46. The smallest absolute Gasteiger partial charge is 0.120 e. The summed E-state index contributed by atoms with van der Waals surface area (Å²) in [6.45, 7) is 0.0898. The van der Waals surface area contributed by atoms with Crippen molar-refractivity contribution in [3.05, 3.63) is 23.5 Å². The number of aliphatic hydroxyl groups excluding tert-OH is 1. The van der Waals surface area contributed by atoms with E-state index in [1.807, 2.05) is 6.07 Å². The van der Waals surface area contributed by atoms with Gasteiger partial charge in [-0.05, 0) is 18.1 Å². The van der Waals surface area contributed by atoms with Gasteiger partial charge in [-0.25, -0.2) is 0 Å². The number of rotatable bonds is 2. The molecule has 1 aromatic rings. The van der Waals surface area contributed by atoms with Gasteiger partial charge in [0, 0.05) is 12.8 Å². The van der Waals surface area contributed by atoms with Crippen molar-refractivity contribution < 1.29 is 5.11 Å². The molecule has 3 heteroatoms. The van der Waals surface area contributed by atoms with Crippen LogP contribution in [0.25, 0.3) is 0 Å². The molecule has 52 valence electrons. The molecule has 0 bridgehead atoms. The van der Waals surface area contributed by atoms with E-state index in [1.54, 1.807) is 12.3 Å². The molecule has 1 heterocycles. The maximum absolute atomic E-state index is 8.53. The molecule has 0 spiro atoms. The number of H-pyrrole nitrogens is 1. The summed E-state index contributed by atoms with van der Waals surface area (Å²) in [6.07, 6.45) is 2.25. The Morgan fingerprint density at radius 2 is 2.50 bits per heavy atom. The van der Waals surface area contributed by atoms with Crippen LogP contribution in [-0.2, 0) is 6.42 Å². The minimum absolute atomic E-state index is 0.0898. The van der Waals surface area contributed by atoms with E-state index in [4.69, 9.17) is 10.4 Å². The highest BCUT2D eigenvalue weighted by Gasteiger charge is 1.99. The van der Waals surface area contributed by atoms with E-state index in [0.717, 1.165) is 5.56 Å². The Morgan fingerprint density at radius 1 is 1.70 bits per heavy atom. The van der Waals surface area contributed by atoms with Crippen LogP contribution in [0.1, 0.15) is 11.3 Å². The van der Waals surface area contributed by atoms with Gasteiger partial charge in [0.15, 0.2) is 0 Å². The zero-order chi connectivity index (χ0) is 7.40. The molecule has 0 aliphatic heterocycles. The summed E-state index contributed by atoms with van der Waals surface area (Å²) in [4.78, 5) is 2.77. The Labute approximate surface area is 58.9 Å². The maximum atomic E-state index is 8.53. The highest BCUT2D eigenvalue weighted by atomic mass is 16.2. The van der Waals surface area contributed by atoms with Crippen LogP contribution in [0.15, 0.2) is 12.3 Å². The molecule has 3 nitrogen and oxygen atoms in total. The van der Waals surface area contributed by atoms with E-state index in [-0.39, 0.29) is 6.61 Å². The van der Waals surface area contributed by atoms with Crippen LogP contribution >= 0.6 is 0 Å². The van der Waals surface area contributed by atoms with Crippen molar-refractivity contribution >= 4 is 0 Å². The lowest BCUT2D eigenvalue weighted by molar-refractivity contribution is 0.299. The van der Waals surface area contributed by atoms with Gasteiger partial charge in [-0.3, -0.25) is 0 Å². The Bertz CT molecular complexity index is 246. The zero-order valence-corrected chi connectivity index (χ0v) is 5.46. The number of aromatic nitrogens is 1. The number of nitriles is 1. The maximum Gasteiger partial charge on any atom is 0.120 e. The third kappa shape index (κ3) is 1.17. The fraction of sp³-hybridized carbons (Fsp3) is 0.286. The Hall–Kier alpha value is -1.27. The van der Waals surface area contributed by atoms with Crippen molar-refractivity contribution in [2.75, 3.05) is 6.61 Å². The molecule has 0 fully saturated rings. The van der Waals surface area contributed by atoms with Crippen LogP contribution in [0.2, 0.25) is 0 Å². The standard InChI is InChI=1S/C7H8N2O/c8-5-7-6(2-4-10)1-3-9-7/h1,3,9-10H,2,4H2. The van der Waals surface area contributed by atoms with E-state index in [0.29, 0.717) is 12.1 Å². The van der Waals surface area contributed by atoms with Gasteiger partial charge in [0.05, 0.1) is 0 Å². The molecule has 0 saturated heterocycles. The van der Waals surface area contributed by atoms with Crippen molar-refractivity contribution in [1.82, 2.24) is 4.98 Å². The molecule has 0 unspecified atom stereocenters. The van der Waals surface area contributed by atoms with Gasteiger partial charge in [0.25, 0.3) is 0 Å². The second-order valence-corrected chi connectivity index (χ2v) is 1.96. The molecular formula is C7H8N2O. The topological polar surface area (TPSA) is 59.8 Å². The molecule has 1 aromatic heterocycles. The lowest BCUT2D eigenvalue weighted by Crippen LogP contribution is -1.90. The molecule has 0 atom stereocenters. The number of hydrogen-bond donors (Lipinski definition) is 2. The molecule has 1 rings (SSSR count). The van der Waals surface area contributed by atoms with Crippen LogP contribution in [-0.4, -0.2) is 16.7 Å². The van der Waals surface area contributed by atoms with E-state index in [1.165, 1.54) is 0 Å². The van der Waals surface area contributed by atoms with Gasteiger partial charge >= 0.3 is 0 Å². The fourth-order valence-electron chi connectivity index (χ4n) is 0.834. The first-order valence-corrected chi connectivity index (χ1v) is 3.05.